The number of hydrogen-bond donors (Lipinski definition) is 1. The molecule has 0 radical (unpaired) electrons. The smallest absolute Gasteiger partial charge is 0.109 e. The van der Waals surface area contributed by atoms with Crippen LogP contribution < -0.4 is 5.32 Å². The van der Waals surface area contributed by atoms with Crippen LogP contribution in [0.4, 0.5) is 0 Å². The Morgan fingerprint density at radius 1 is 1.35 bits per heavy atom. The van der Waals surface area contributed by atoms with Gasteiger partial charge in [-0.3, -0.25) is 0 Å². The summed E-state index contributed by atoms with van der Waals surface area (Å²) in [5.41, 5.74) is 0. The van der Waals surface area contributed by atoms with Gasteiger partial charge >= 0.3 is 0 Å². The molecule has 0 saturated carbocycles. The lowest BCUT2D eigenvalue weighted by atomic mass is 10.2. The second-order valence-electron chi connectivity index (χ2n) is 4.55. The minimum Gasteiger partial charge on any atom is -0.303 e. The van der Waals surface area contributed by atoms with Crippen LogP contribution in [0.5, 0.6) is 0 Å². The number of aromatic nitrogens is 1. The van der Waals surface area contributed by atoms with Crippen molar-refractivity contribution in [2.75, 3.05) is 0 Å². The van der Waals surface area contributed by atoms with Crippen LogP contribution in [-0.4, -0.2) is 4.98 Å². The zero-order chi connectivity index (χ0) is 13.9. The Hall–Kier alpha value is -0.940. The van der Waals surface area contributed by atoms with Gasteiger partial charge in [-0.1, -0.05) is 36.7 Å². The van der Waals surface area contributed by atoms with E-state index < -0.39 is 0 Å². The number of thiazole rings is 1. The van der Waals surface area contributed by atoms with E-state index in [1.165, 1.54) is 9.58 Å². The molecule has 0 aliphatic rings. The maximum atomic E-state index is 6.47. The number of benzene rings is 1. The summed E-state index contributed by atoms with van der Waals surface area (Å²) in [6.07, 6.45) is 2.88. The third-order valence-corrected chi connectivity index (χ3v) is 5.87. The lowest BCUT2D eigenvalue weighted by Gasteiger charge is -2.13. The minimum atomic E-state index is 0.302. The second-order valence-corrected chi connectivity index (χ2v) is 6.99. The molecule has 20 heavy (non-hydrogen) atoms. The van der Waals surface area contributed by atoms with Gasteiger partial charge in [0.05, 0.1) is 11.1 Å². The van der Waals surface area contributed by atoms with Gasteiger partial charge in [-0.2, -0.15) is 0 Å². The van der Waals surface area contributed by atoms with Crippen molar-refractivity contribution in [3.63, 3.8) is 0 Å². The predicted octanol–water partition coefficient (Wildman–Crippen LogP) is 5.25. The number of halogens is 1. The Morgan fingerprint density at radius 2 is 2.20 bits per heavy atom. The van der Waals surface area contributed by atoms with E-state index in [-0.39, 0.29) is 0 Å². The summed E-state index contributed by atoms with van der Waals surface area (Å²) in [6.45, 7) is 2.96. The van der Waals surface area contributed by atoms with Crippen molar-refractivity contribution >= 4 is 44.4 Å². The summed E-state index contributed by atoms with van der Waals surface area (Å²) < 4.78 is 1.25. The molecule has 0 amide bonds. The number of rotatable bonds is 5. The van der Waals surface area contributed by atoms with E-state index in [0.717, 1.165) is 28.4 Å². The number of thiophene rings is 1. The fraction of sp³-hybridized carbons (Fsp3) is 0.267. The molecule has 0 bridgehead atoms. The SMILES string of the molecule is CCC(NCc1sc2ccccc2c1Cl)c1nccs1. The maximum absolute atomic E-state index is 6.47. The molecule has 1 aromatic carbocycles. The summed E-state index contributed by atoms with van der Waals surface area (Å²) in [5.74, 6) is 0. The topological polar surface area (TPSA) is 24.9 Å². The fourth-order valence-electron chi connectivity index (χ4n) is 2.21. The van der Waals surface area contributed by atoms with Crippen LogP contribution in [0.25, 0.3) is 10.1 Å². The fourth-order valence-corrected chi connectivity index (χ4v) is 4.45. The van der Waals surface area contributed by atoms with E-state index in [2.05, 4.69) is 35.4 Å². The zero-order valence-electron chi connectivity index (χ0n) is 11.1. The first kappa shape index (κ1) is 14.0. The van der Waals surface area contributed by atoms with Crippen LogP contribution in [0, 0.1) is 0 Å². The number of fused-ring (bicyclic) bond motifs is 1. The number of hydrogen-bond acceptors (Lipinski definition) is 4. The largest absolute Gasteiger partial charge is 0.303 e. The second kappa shape index (κ2) is 6.22. The zero-order valence-corrected chi connectivity index (χ0v) is 13.5. The molecule has 104 valence electrons. The Labute approximate surface area is 131 Å². The van der Waals surface area contributed by atoms with Crippen LogP contribution in [0.3, 0.4) is 0 Å². The lowest BCUT2D eigenvalue weighted by molar-refractivity contribution is 0.519. The van der Waals surface area contributed by atoms with E-state index in [4.69, 9.17) is 11.6 Å². The van der Waals surface area contributed by atoms with Gasteiger partial charge in [0.25, 0.3) is 0 Å². The quantitative estimate of drug-likeness (QED) is 0.693. The van der Waals surface area contributed by atoms with E-state index in [0.29, 0.717) is 6.04 Å². The maximum Gasteiger partial charge on any atom is 0.109 e. The van der Waals surface area contributed by atoms with Gasteiger partial charge in [0.15, 0.2) is 0 Å². The van der Waals surface area contributed by atoms with Crippen molar-refractivity contribution in [1.29, 1.82) is 0 Å². The summed E-state index contributed by atoms with van der Waals surface area (Å²) >= 11 is 9.93. The number of nitrogens with one attached hydrogen (secondary N) is 1. The van der Waals surface area contributed by atoms with Gasteiger partial charge in [0.1, 0.15) is 5.01 Å². The Bertz CT molecular complexity index is 691. The van der Waals surface area contributed by atoms with Crippen molar-refractivity contribution in [1.82, 2.24) is 10.3 Å². The molecule has 3 aromatic rings. The van der Waals surface area contributed by atoms with Crippen molar-refractivity contribution in [3.8, 4) is 0 Å². The first-order chi connectivity index (χ1) is 9.79. The monoisotopic (exact) mass is 322 g/mol. The first-order valence-corrected chi connectivity index (χ1v) is 8.65. The highest BCUT2D eigenvalue weighted by molar-refractivity contribution is 7.19. The van der Waals surface area contributed by atoms with Crippen molar-refractivity contribution in [2.24, 2.45) is 0 Å². The third kappa shape index (κ3) is 2.74. The Balaban J connectivity index is 1.78. The summed E-state index contributed by atoms with van der Waals surface area (Å²) in [6, 6.07) is 8.58. The molecule has 2 aromatic heterocycles. The number of nitrogens with zero attached hydrogens (tertiary/aromatic N) is 1. The van der Waals surface area contributed by atoms with Crippen molar-refractivity contribution in [3.05, 3.63) is 50.7 Å². The lowest BCUT2D eigenvalue weighted by Crippen LogP contribution is -2.19. The molecule has 0 aliphatic heterocycles. The highest BCUT2D eigenvalue weighted by Gasteiger charge is 2.14. The van der Waals surface area contributed by atoms with E-state index in [9.17, 15) is 0 Å². The Morgan fingerprint density at radius 3 is 2.90 bits per heavy atom. The molecule has 0 aliphatic carbocycles. The molecule has 2 nitrogen and oxygen atoms in total. The predicted molar refractivity (Wildman–Crippen MR) is 88.8 cm³/mol. The van der Waals surface area contributed by atoms with Crippen LogP contribution >= 0.6 is 34.3 Å². The van der Waals surface area contributed by atoms with Gasteiger partial charge in [0, 0.05) is 33.1 Å². The van der Waals surface area contributed by atoms with Crippen LogP contribution in [0.1, 0.15) is 29.3 Å². The standard InChI is InChI=1S/C15H15ClN2S2/c1-2-11(15-17-7-8-19-15)18-9-13-14(16)10-5-3-4-6-12(10)20-13/h3-8,11,18H,2,9H2,1H3. The average Bonchev–Trinajstić information content (AvgIpc) is 3.10. The van der Waals surface area contributed by atoms with Crippen molar-refractivity contribution < 1.29 is 0 Å². The summed E-state index contributed by atoms with van der Waals surface area (Å²) in [7, 11) is 0. The highest BCUT2D eigenvalue weighted by atomic mass is 35.5. The van der Waals surface area contributed by atoms with Crippen LogP contribution in [0.2, 0.25) is 5.02 Å². The van der Waals surface area contributed by atoms with Gasteiger partial charge in [-0.15, -0.1) is 22.7 Å². The van der Waals surface area contributed by atoms with Crippen LogP contribution in [0.15, 0.2) is 35.8 Å². The molecule has 0 fully saturated rings. The van der Waals surface area contributed by atoms with E-state index >= 15 is 0 Å². The molecule has 2 heterocycles. The van der Waals surface area contributed by atoms with Gasteiger partial charge < -0.3 is 5.32 Å². The van der Waals surface area contributed by atoms with Gasteiger partial charge in [0.2, 0.25) is 0 Å². The third-order valence-electron chi connectivity index (χ3n) is 3.27. The Kier molecular flexibility index (Phi) is 4.36. The van der Waals surface area contributed by atoms with E-state index in [1.54, 1.807) is 22.7 Å². The van der Waals surface area contributed by atoms with Crippen LogP contribution in [-0.2, 0) is 6.54 Å². The normalized spacial score (nSPS) is 12.9. The molecule has 1 unspecified atom stereocenters. The van der Waals surface area contributed by atoms with Crippen molar-refractivity contribution in [2.45, 2.75) is 25.9 Å². The molecule has 1 N–H and O–H groups in total. The average molecular weight is 323 g/mol. The molecule has 0 spiro atoms. The van der Waals surface area contributed by atoms with Gasteiger partial charge in [-0.05, 0) is 12.5 Å². The first-order valence-electron chi connectivity index (χ1n) is 6.58. The molecule has 0 saturated heterocycles. The molecule has 3 rings (SSSR count). The molecule has 5 heteroatoms. The minimum absolute atomic E-state index is 0.302. The summed E-state index contributed by atoms with van der Waals surface area (Å²) in [4.78, 5) is 5.59. The molecular formula is C15H15ClN2S2. The highest BCUT2D eigenvalue weighted by Crippen LogP contribution is 2.35. The molecular weight excluding hydrogens is 308 g/mol. The van der Waals surface area contributed by atoms with Gasteiger partial charge in [-0.25, -0.2) is 4.98 Å². The summed E-state index contributed by atoms with van der Waals surface area (Å²) in [5, 5.41) is 8.76. The van der Waals surface area contributed by atoms with E-state index in [1.807, 2.05) is 17.6 Å². The molecule has 1 atom stereocenters.